The molecular weight excluding hydrogens is 275 g/mol. The van der Waals surface area contributed by atoms with Gasteiger partial charge in [-0.3, -0.25) is 0 Å². The molecule has 5 heteroatoms. The van der Waals surface area contributed by atoms with Crippen LogP contribution in [0.25, 0.3) is 0 Å². The van der Waals surface area contributed by atoms with Crippen LogP contribution in [-0.2, 0) is 6.54 Å². The highest BCUT2D eigenvalue weighted by atomic mass is 35.5. The number of nitrogens with one attached hydrogen (secondary N) is 1. The number of thiophene rings is 1. The summed E-state index contributed by atoms with van der Waals surface area (Å²) in [5.74, 6) is 0. The third kappa shape index (κ3) is 2.86. The van der Waals surface area contributed by atoms with Gasteiger partial charge in [-0.1, -0.05) is 23.2 Å². The lowest BCUT2D eigenvalue weighted by Gasteiger charge is -2.10. The summed E-state index contributed by atoms with van der Waals surface area (Å²) < 4.78 is 0. The molecule has 90 valence electrons. The monoisotopic (exact) mass is 286 g/mol. The second kappa shape index (κ2) is 5.17. The number of hydrogen-bond acceptors (Lipinski definition) is 3. The Kier molecular flexibility index (Phi) is 3.82. The lowest BCUT2D eigenvalue weighted by atomic mass is 10.2. The van der Waals surface area contributed by atoms with Crippen molar-refractivity contribution in [2.75, 3.05) is 11.1 Å². The fourth-order valence-electron chi connectivity index (χ4n) is 1.47. The number of benzene rings is 1. The normalized spacial score (nSPS) is 10.5. The topological polar surface area (TPSA) is 38.0 Å². The highest BCUT2D eigenvalue weighted by Gasteiger charge is 2.05. The summed E-state index contributed by atoms with van der Waals surface area (Å²) in [6.07, 6.45) is 0. The number of halogens is 2. The Labute approximate surface area is 114 Å². The maximum atomic E-state index is 5.95. The number of rotatable bonds is 3. The van der Waals surface area contributed by atoms with Crippen LogP contribution < -0.4 is 11.1 Å². The van der Waals surface area contributed by atoms with Crippen LogP contribution >= 0.6 is 34.5 Å². The zero-order valence-corrected chi connectivity index (χ0v) is 11.6. The number of nitrogens with two attached hydrogens (primary N) is 1. The van der Waals surface area contributed by atoms with Gasteiger partial charge in [-0.25, -0.2) is 0 Å². The molecule has 0 atom stereocenters. The van der Waals surface area contributed by atoms with Crippen LogP contribution in [0, 0.1) is 6.92 Å². The van der Waals surface area contributed by atoms with Crippen molar-refractivity contribution in [1.29, 1.82) is 0 Å². The molecule has 17 heavy (non-hydrogen) atoms. The van der Waals surface area contributed by atoms with Gasteiger partial charge in [0.05, 0.1) is 21.4 Å². The average Bonchev–Trinajstić information content (AvgIpc) is 2.68. The molecular formula is C12H12Cl2N2S. The van der Waals surface area contributed by atoms with E-state index < -0.39 is 0 Å². The fourth-order valence-corrected chi connectivity index (χ4v) is 2.67. The van der Waals surface area contributed by atoms with Crippen molar-refractivity contribution in [2.24, 2.45) is 0 Å². The van der Waals surface area contributed by atoms with Crippen LogP contribution in [0.4, 0.5) is 11.4 Å². The summed E-state index contributed by atoms with van der Waals surface area (Å²) in [5, 5.41) is 8.48. The Morgan fingerprint density at radius 2 is 1.94 bits per heavy atom. The van der Waals surface area contributed by atoms with Crippen molar-refractivity contribution in [3.05, 3.63) is 44.1 Å². The summed E-state index contributed by atoms with van der Waals surface area (Å²) >= 11 is 13.5. The van der Waals surface area contributed by atoms with Crippen molar-refractivity contribution in [3.63, 3.8) is 0 Å². The van der Waals surface area contributed by atoms with Crippen molar-refractivity contribution < 1.29 is 0 Å². The molecule has 0 unspecified atom stereocenters. The number of aryl methyl sites for hydroxylation is 1. The quantitative estimate of drug-likeness (QED) is 0.812. The van der Waals surface area contributed by atoms with Crippen LogP contribution in [0.5, 0.6) is 0 Å². The molecule has 0 spiro atoms. The molecule has 2 rings (SSSR count). The summed E-state index contributed by atoms with van der Waals surface area (Å²) in [6.45, 7) is 2.82. The van der Waals surface area contributed by atoms with Crippen molar-refractivity contribution in [2.45, 2.75) is 13.5 Å². The second-order valence-electron chi connectivity index (χ2n) is 3.79. The smallest absolute Gasteiger partial charge is 0.0614 e. The molecule has 1 aromatic carbocycles. The van der Waals surface area contributed by atoms with Gasteiger partial charge in [-0.2, -0.15) is 11.3 Å². The van der Waals surface area contributed by atoms with Crippen LogP contribution in [0.1, 0.15) is 11.1 Å². The number of hydrogen-bond donors (Lipinski definition) is 2. The Morgan fingerprint density at radius 1 is 1.24 bits per heavy atom. The van der Waals surface area contributed by atoms with E-state index in [1.165, 1.54) is 11.1 Å². The molecule has 1 heterocycles. The van der Waals surface area contributed by atoms with Gasteiger partial charge in [-0.15, -0.1) is 0 Å². The SMILES string of the molecule is Cc1cscc1CNc1cc(Cl)c(Cl)cc1N. The molecule has 2 aromatic rings. The van der Waals surface area contributed by atoms with E-state index >= 15 is 0 Å². The van der Waals surface area contributed by atoms with Gasteiger partial charge in [-0.05, 0) is 40.9 Å². The molecule has 2 nitrogen and oxygen atoms in total. The Balaban J connectivity index is 2.14. The minimum Gasteiger partial charge on any atom is -0.397 e. The highest BCUT2D eigenvalue weighted by molar-refractivity contribution is 7.08. The third-order valence-electron chi connectivity index (χ3n) is 2.52. The van der Waals surface area contributed by atoms with Crippen LogP contribution in [0.3, 0.4) is 0 Å². The van der Waals surface area contributed by atoms with E-state index in [1.807, 2.05) is 0 Å². The standard InChI is InChI=1S/C12H12Cl2N2S/c1-7-5-17-6-8(7)4-16-12-3-10(14)9(13)2-11(12)15/h2-3,5-6,16H,4,15H2,1H3. The van der Waals surface area contributed by atoms with E-state index in [-0.39, 0.29) is 0 Å². The van der Waals surface area contributed by atoms with Crippen molar-refractivity contribution >= 4 is 45.9 Å². The lowest BCUT2D eigenvalue weighted by molar-refractivity contribution is 1.14. The molecule has 0 radical (unpaired) electrons. The van der Waals surface area contributed by atoms with Crippen LogP contribution in [-0.4, -0.2) is 0 Å². The molecule has 0 bridgehead atoms. The summed E-state index contributed by atoms with van der Waals surface area (Å²) in [4.78, 5) is 0. The number of anilines is 2. The molecule has 0 aliphatic heterocycles. The average molecular weight is 287 g/mol. The van der Waals surface area contributed by atoms with Crippen molar-refractivity contribution in [3.8, 4) is 0 Å². The van der Waals surface area contributed by atoms with E-state index in [0.717, 1.165) is 12.2 Å². The van der Waals surface area contributed by atoms with Gasteiger partial charge < -0.3 is 11.1 Å². The molecule has 3 N–H and O–H groups in total. The molecule has 0 saturated heterocycles. The largest absolute Gasteiger partial charge is 0.397 e. The maximum absolute atomic E-state index is 5.95. The van der Waals surface area contributed by atoms with Gasteiger partial charge in [0.2, 0.25) is 0 Å². The first-order valence-corrected chi connectivity index (χ1v) is 6.78. The van der Waals surface area contributed by atoms with Crippen LogP contribution in [0.2, 0.25) is 10.0 Å². The van der Waals surface area contributed by atoms with Gasteiger partial charge in [0.15, 0.2) is 0 Å². The lowest BCUT2D eigenvalue weighted by Crippen LogP contribution is -2.02. The van der Waals surface area contributed by atoms with Crippen LogP contribution in [0.15, 0.2) is 22.9 Å². The highest BCUT2D eigenvalue weighted by Crippen LogP contribution is 2.31. The predicted molar refractivity (Wildman–Crippen MR) is 77.3 cm³/mol. The number of nitrogen functional groups attached to an aromatic ring is 1. The summed E-state index contributed by atoms with van der Waals surface area (Å²) in [5.41, 5.74) is 9.82. The van der Waals surface area contributed by atoms with Crippen molar-refractivity contribution in [1.82, 2.24) is 0 Å². The second-order valence-corrected chi connectivity index (χ2v) is 5.35. The molecule has 0 saturated carbocycles. The molecule has 0 fully saturated rings. The Hall–Kier alpha value is -0.900. The Morgan fingerprint density at radius 3 is 2.59 bits per heavy atom. The maximum Gasteiger partial charge on any atom is 0.0614 e. The molecule has 0 aliphatic carbocycles. The molecule has 0 amide bonds. The summed E-state index contributed by atoms with van der Waals surface area (Å²) in [6, 6.07) is 3.41. The minimum absolute atomic E-state index is 0.474. The summed E-state index contributed by atoms with van der Waals surface area (Å²) in [7, 11) is 0. The molecule has 1 aromatic heterocycles. The Bertz CT molecular complexity index is 537. The zero-order chi connectivity index (χ0) is 12.4. The van der Waals surface area contributed by atoms with E-state index in [2.05, 4.69) is 23.0 Å². The van der Waals surface area contributed by atoms with Gasteiger partial charge in [0.1, 0.15) is 0 Å². The van der Waals surface area contributed by atoms with E-state index in [1.54, 1.807) is 23.5 Å². The van der Waals surface area contributed by atoms with E-state index in [9.17, 15) is 0 Å². The first kappa shape index (κ1) is 12.6. The molecule has 0 aliphatic rings. The van der Waals surface area contributed by atoms with Gasteiger partial charge in [0.25, 0.3) is 0 Å². The van der Waals surface area contributed by atoms with Gasteiger partial charge in [0, 0.05) is 6.54 Å². The van der Waals surface area contributed by atoms with E-state index in [0.29, 0.717) is 15.7 Å². The predicted octanol–water partition coefficient (Wildman–Crippen LogP) is 4.56. The fraction of sp³-hybridized carbons (Fsp3) is 0.167. The minimum atomic E-state index is 0.474. The van der Waals surface area contributed by atoms with Gasteiger partial charge >= 0.3 is 0 Å². The first-order valence-electron chi connectivity index (χ1n) is 5.08. The zero-order valence-electron chi connectivity index (χ0n) is 9.26. The first-order chi connectivity index (χ1) is 8.08. The third-order valence-corrected chi connectivity index (χ3v) is 4.16. The van der Waals surface area contributed by atoms with E-state index in [4.69, 9.17) is 28.9 Å².